The summed E-state index contributed by atoms with van der Waals surface area (Å²) >= 11 is 6.07. The van der Waals surface area contributed by atoms with Crippen LogP contribution in [0, 0.1) is 0 Å². The maximum Gasteiger partial charge on any atom is 0.327 e. The van der Waals surface area contributed by atoms with Crippen molar-refractivity contribution in [1.29, 1.82) is 0 Å². The maximum atomic E-state index is 12.4. The fraction of sp³-hybridized carbons (Fsp3) is 0.556. The number of amides is 3. The lowest BCUT2D eigenvalue weighted by Gasteiger charge is -2.36. The second-order valence-electron chi connectivity index (χ2n) is 6.93. The van der Waals surface area contributed by atoms with E-state index in [0.717, 1.165) is 62.8 Å². The van der Waals surface area contributed by atoms with Crippen molar-refractivity contribution in [2.75, 3.05) is 50.7 Å². The van der Waals surface area contributed by atoms with Gasteiger partial charge in [0.05, 0.1) is 0 Å². The van der Waals surface area contributed by atoms with Gasteiger partial charge in [0.15, 0.2) is 0 Å². The van der Waals surface area contributed by atoms with Gasteiger partial charge in [-0.1, -0.05) is 17.7 Å². The lowest BCUT2D eigenvalue weighted by atomic mass is 10.2. The smallest absolute Gasteiger partial charge is 0.327 e. The third kappa shape index (κ3) is 3.20. The summed E-state index contributed by atoms with van der Waals surface area (Å²) in [5.74, 6) is 0.0000587. The molecule has 0 radical (unpaired) electrons. The average Bonchev–Trinajstić information content (AvgIpc) is 3.19. The number of nitrogens with zero attached hydrogens (tertiary/aromatic N) is 4. The van der Waals surface area contributed by atoms with Gasteiger partial charge < -0.3 is 9.80 Å². The van der Waals surface area contributed by atoms with Crippen LogP contribution in [0.15, 0.2) is 24.3 Å². The minimum Gasteiger partial charge on any atom is -0.369 e. The van der Waals surface area contributed by atoms with Crippen LogP contribution in [-0.4, -0.2) is 78.5 Å². The molecule has 3 fully saturated rings. The number of benzene rings is 1. The molecule has 1 aromatic rings. The third-order valence-electron chi connectivity index (χ3n) is 5.47. The predicted octanol–water partition coefficient (Wildman–Crippen LogP) is 1.89. The first kappa shape index (κ1) is 16.7. The lowest BCUT2D eigenvalue weighted by Crippen LogP contribution is -2.49. The molecule has 3 amide bonds. The molecule has 0 unspecified atom stereocenters. The van der Waals surface area contributed by atoms with Gasteiger partial charge in [-0.25, -0.2) is 4.79 Å². The second-order valence-corrected chi connectivity index (χ2v) is 7.37. The summed E-state index contributed by atoms with van der Waals surface area (Å²) in [6, 6.07) is 7.65. The van der Waals surface area contributed by atoms with Crippen molar-refractivity contribution in [2.45, 2.75) is 18.9 Å². The van der Waals surface area contributed by atoms with E-state index in [1.807, 2.05) is 18.2 Å². The standard InChI is InChI=1S/C18H23ClN4O2/c19-14-3-1-4-15(13-14)21-10-7-20(8-11-21)9-12-23-17(24)16-5-2-6-22(16)18(23)25/h1,3-4,13,16H,2,5-12H2/t16-/m1/s1. The molecule has 0 aromatic heterocycles. The van der Waals surface area contributed by atoms with Gasteiger partial charge in [-0.2, -0.15) is 0 Å². The molecule has 3 aliphatic rings. The van der Waals surface area contributed by atoms with Crippen LogP contribution in [0.1, 0.15) is 12.8 Å². The summed E-state index contributed by atoms with van der Waals surface area (Å²) in [5.41, 5.74) is 1.15. The summed E-state index contributed by atoms with van der Waals surface area (Å²) in [5, 5.41) is 0.756. The van der Waals surface area contributed by atoms with Crippen LogP contribution in [-0.2, 0) is 4.79 Å². The number of piperazine rings is 1. The second kappa shape index (κ2) is 6.84. The predicted molar refractivity (Wildman–Crippen MR) is 96.9 cm³/mol. The zero-order valence-electron chi connectivity index (χ0n) is 14.2. The highest BCUT2D eigenvalue weighted by molar-refractivity contribution is 6.30. The van der Waals surface area contributed by atoms with E-state index in [4.69, 9.17) is 11.6 Å². The van der Waals surface area contributed by atoms with Crippen LogP contribution in [0.3, 0.4) is 0 Å². The van der Waals surface area contributed by atoms with Crippen LogP contribution >= 0.6 is 11.6 Å². The fourth-order valence-corrected chi connectivity index (χ4v) is 4.22. The minimum atomic E-state index is -0.188. The summed E-state index contributed by atoms with van der Waals surface area (Å²) in [6.45, 7) is 5.69. The molecule has 1 aromatic carbocycles. The monoisotopic (exact) mass is 362 g/mol. The molecule has 0 bridgehead atoms. The molecular formula is C18H23ClN4O2. The van der Waals surface area contributed by atoms with Crippen LogP contribution in [0.2, 0.25) is 5.02 Å². The van der Waals surface area contributed by atoms with Gasteiger partial charge in [0.2, 0.25) is 0 Å². The SMILES string of the molecule is O=C1[C@H]2CCCN2C(=O)N1CCN1CCN(c2cccc(Cl)c2)CC1. The molecule has 3 saturated heterocycles. The van der Waals surface area contributed by atoms with Crippen LogP contribution in [0.5, 0.6) is 0 Å². The number of halogens is 1. The van der Waals surface area contributed by atoms with Crippen molar-refractivity contribution in [2.24, 2.45) is 0 Å². The van der Waals surface area contributed by atoms with Crippen molar-refractivity contribution >= 4 is 29.2 Å². The van der Waals surface area contributed by atoms with Crippen LogP contribution < -0.4 is 4.90 Å². The highest BCUT2D eigenvalue weighted by atomic mass is 35.5. The van der Waals surface area contributed by atoms with Gasteiger partial charge in [0.25, 0.3) is 5.91 Å². The summed E-state index contributed by atoms with van der Waals surface area (Å²) in [6.07, 6.45) is 1.76. The Morgan fingerprint density at radius 3 is 2.56 bits per heavy atom. The molecule has 25 heavy (non-hydrogen) atoms. The summed E-state index contributed by atoms with van der Waals surface area (Å²) in [7, 11) is 0. The van der Waals surface area contributed by atoms with E-state index in [0.29, 0.717) is 6.54 Å². The number of fused-ring (bicyclic) bond motifs is 1. The van der Waals surface area contributed by atoms with Gasteiger partial charge in [0, 0.05) is 56.5 Å². The average molecular weight is 363 g/mol. The molecule has 134 valence electrons. The highest BCUT2D eigenvalue weighted by Gasteiger charge is 2.47. The van der Waals surface area contributed by atoms with Crippen molar-refractivity contribution in [3.63, 3.8) is 0 Å². The van der Waals surface area contributed by atoms with Gasteiger partial charge in [-0.05, 0) is 31.0 Å². The largest absolute Gasteiger partial charge is 0.369 e. The fourth-order valence-electron chi connectivity index (χ4n) is 4.03. The third-order valence-corrected chi connectivity index (χ3v) is 5.70. The van der Waals surface area contributed by atoms with E-state index in [-0.39, 0.29) is 18.0 Å². The number of imide groups is 1. The Labute approximate surface area is 152 Å². The highest BCUT2D eigenvalue weighted by Crippen LogP contribution is 2.27. The van der Waals surface area contributed by atoms with E-state index in [2.05, 4.69) is 15.9 Å². The normalized spacial score (nSPS) is 24.4. The Morgan fingerprint density at radius 2 is 1.84 bits per heavy atom. The first-order valence-corrected chi connectivity index (χ1v) is 9.36. The van der Waals surface area contributed by atoms with Crippen molar-refractivity contribution in [3.05, 3.63) is 29.3 Å². The topological polar surface area (TPSA) is 47.1 Å². The first-order chi connectivity index (χ1) is 12.1. The Morgan fingerprint density at radius 1 is 1.04 bits per heavy atom. The Balaban J connectivity index is 1.28. The molecule has 3 heterocycles. The van der Waals surface area contributed by atoms with E-state index in [1.54, 1.807) is 4.90 Å². The molecule has 0 spiro atoms. The zero-order valence-corrected chi connectivity index (χ0v) is 15.0. The molecule has 0 saturated carbocycles. The number of hydrogen-bond donors (Lipinski definition) is 0. The van der Waals surface area contributed by atoms with E-state index < -0.39 is 0 Å². The number of rotatable bonds is 4. The number of carbonyl (C=O) groups is 2. The molecule has 4 rings (SSSR count). The molecule has 6 nitrogen and oxygen atoms in total. The molecular weight excluding hydrogens is 340 g/mol. The van der Waals surface area contributed by atoms with Crippen molar-refractivity contribution in [1.82, 2.24) is 14.7 Å². The molecule has 0 N–H and O–H groups in total. The molecule has 3 aliphatic heterocycles. The first-order valence-electron chi connectivity index (χ1n) is 8.98. The van der Waals surface area contributed by atoms with Gasteiger partial charge >= 0.3 is 6.03 Å². The Kier molecular flexibility index (Phi) is 4.56. The Bertz CT molecular complexity index is 653. The minimum absolute atomic E-state index is 0.0000587. The van der Waals surface area contributed by atoms with E-state index in [9.17, 15) is 9.59 Å². The Hall–Kier alpha value is -1.79. The van der Waals surface area contributed by atoms with Gasteiger partial charge in [0.1, 0.15) is 6.04 Å². The summed E-state index contributed by atoms with van der Waals surface area (Å²) < 4.78 is 0. The quantitative estimate of drug-likeness (QED) is 0.767. The number of carbonyl (C=O) groups excluding carboxylic acids is 2. The number of hydrogen-bond acceptors (Lipinski definition) is 4. The molecule has 7 heteroatoms. The molecule has 0 aliphatic carbocycles. The van der Waals surface area contributed by atoms with Crippen molar-refractivity contribution < 1.29 is 9.59 Å². The molecule has 1 atom stereocenters. The van der Waals surface area contributed by atoms with Crippen LogP contribution in [0.4, 0.5) is 10.5 Å². The van der Waals surface area contributed by atoms with Gasteiger partial charge in [-0.15, -0.1) is 0 Å². The van der Waals surface area contributed by atoms with Crippen molar-refractivity contribution in [3.8, 4) is 0 Å². The zero-order chi connectivity index (χ0) is 17.4. The number of urea groups is 1. The van der Waals surface area contributed by atoms with Gasteiger partial charge in [-0.3, -0.25) is 14.6 Å². The van der Waals surface area contributed by atoms with E-state index in [1.165, 1.54) is 4.90 Å². The van der Waals surface area contributed by atoms with E-state index >= 15 is 0 Å². The summed E-state index contributed by atoms with van der Waals surface area (Å²) in [4.78, 5) is 32.5. The number of anilines is 1. The maximum absolute atomic E-state index is 12.4. The lowest BCUT2D eigenvalue weighted by molar-refractivity contribution is -0.128. The van der Waals surface area contributed by atoms with Crippen LogP contribution in [0.25, 0.3) is 0 Å².